The van der Waals surface area contributed by atoms with Gasteiger partial charge in [0.1, 0.15) is 5.75 Å². The van der Waals surface area contributed by atoms with Crippen molar-refractivity contribution in [3.05, 3.63) is 47.8 Å². The molecule has 144 valence electrons. The highest BCUT2D eigenvalue weighted by Gasteiger charge is 2.45. The van der Waals surface area contributed by atoms with Gasteiger partial charge in [0.15, 0.2) is 0 Å². The molecule has 0 spiro atoms. The smallest absolute Gasteiger partial charge is 0.223 e. The molecular weight excluding hydrogens is 342 g/mol. The largest absolute Gasteiger partial charge is 0.496 e. The van der Waals surface area contributed by atoms with Crippen LogP contribution in [0, 0.1) is 5.92 Å². The van der Waals surface area contributed by atoms with Crippen LogP contribution < -0.4 is 10.1 Å². The van der Waals surface area contributed by atoms with Crippen LogP contribution in [0.5, 0.6) is 5.75 Å². The Hall–Kier alpha value is -2.34. The van der Waals surface area contributed by atoms with Crippen LogP contribution in [-0.4, -0.2) is 42.6 Å². The van der Waals surface area contributed by atoms with Crippen molar-refractivity contribution < 1.29 is 14.3 Å². The van der Waals surface area contributed by atoms with Gasteiger partial charge in [0, 0.05) is 49.9 Å². The van der Waals surface area contributed by atoms with E-state index in [1.165, 1.54) is 0 Å². The summed E-state index contributed by atoms with van der Waals surface area (Å²) in [4.78, 5) is 12.8. The highest BCUT2D eigenvalue weighted by atomic mass is 16.5. The van der Waals surface area contributed by atoms with Crippen LogP contribution in [0.15, 0.2) is 36.7 Å². The lowest BCUT2D eigenvalue weighted by atomic mass is 9.73. The summed E-state index contributed by atoms with van der Waals surface area (Å²) in [6.07, 6.45) is 6.54. The summed E-state index contributed by atoms with van der Waals surface area (Å²) in [6, 6.07) is 8.13. The Labute approximate surface area is 159 Å². The van der Waals surface area contributed by atoms with Crippen LogP contribution in [0.3, 0.4) is 0 Å². The molecule has 2 heterocycles. The maximum Gasteiger partial charge on any atom is 0.223 e. The van der Waals surface area contributed by atoms with Crippen molar-refractivity contribution in [2.45, 2.75) is 30.6 Å². The predicted molar refractivity (Wildman–Crippen MR) is 102 cm³/mol. The van der Waals surface area contributed by atoms with Crippen molar-refractivity contribution >= 4 is 5.91 Å². The zero-order chi connectivity index (χ0) is 18.9. The van der Waals surface area contributed by atoms with Gasteiger partial charge in [-0.15, -0.1) is 0 Å². The molecule has 2 aliphatic rings. The second-order valence-electron chi connectivity index (χ2n) is 7.71. The van der Waals surface area contributed by atoms with Gasteiger partial charge in [0.2, 0.25) is 5.91 Å². The standard InChI is InChI=1S/C21H27N3O3/c1-24-13-15(12-23-24)16-11-17(16)20(25)22-14-21(7-9-27-10-8-21)18-5-3-4-6-19(18)26-2/h3-6,12-13,16-17H,7-11,14H2,1-2H3,(H,22,25)/t16-,17-/m0/s1. The Balaban J connectivity index is 1.46. The second kappa shape index (κ2) is 7.35. The zero-order valence-corrected chi connectivity index (χ0v) is 16.0. The first-order valence-corrected chi connectivity index (χ1v) is 9.60. The Morgan fingerprint density at radius 1 is 1.37 bits per heavy atom. The number of amides is 1. The molecule has 1 aliphatic heterocycles. The topological polar surface area (TPSA) is 65.4 Å². The third-order valence-electron chi connectivity index (χ3n) is 6.01. The third kappa shape index (κ3) is 3.58. The second-order valence-corrected chi connectivity index (χ2v) is 7.71. The number of nitrogens with one attached hydrogen (secondary N) is 1. The Morgan fingerprint density at radius 3 is 2.85 bits per heavy atom. The van der Waals surface area contributed by atoms with E-state index in [4.69, 9.17) is 9.47 Å². The van der Waals surface area contributed by atoms with Crippen LogP contribution in [0.4, 0.5) is 0 Å². The van der Waals surface area contributed by atoms with Gasteiger partial charge in [-0.3, -0.25) is 9.48 Å². The van der Waals surface area contributed by atoms with E-state index < -0.39 is 0 Å². The van der Waals surface area contributed by atoms with E-state index in [1.54, 1.807) is 11.8 Å². The fraction of sp³-hybridized carbons (Fsp3) is 0.524. The minimum absolute atomic E-state index is 0.0590. The van der Waals surface area contributed by atoms with Crippen LogP contribution >= 0.6 is 0 Å². The number of ether oxygens (including phenoxy) is 2. The average Bonchev–Trinajstić information content (AvgIpc) is 3.40. The van der Waals surface area contributed by atoms with Gasteiger partial charge in [-0.25, -0.2) is 0 Å². The summed E-state index contributed by atoms with van der Waals surface area (Å²) < 4.78 is 13.0. The molecule has 4 rings (SSSR count). The van der Waals surface area contributed by atoms with Crippen LogP contribution in [0.25, 0.3) is 0 Å². The van der Waals surface area contributed by atoms with Crippen LogP contribution in [0.1, 0.15) is 36.3 Å². The quantitative estimate of drug-likeness (QED) is 0.849. The molecule has 6 nitrogen and oxygen atoms in total. The number of benzene rings is 1. The molecule has 1 aliphatic carbocycles. The SMILES string of the molecule is COc1ccccc1C1(CNC(=O)[C@H]2C[C@H]2c2cnn(C)c2)CCOCC1. The molecule has 1 aromatic carbocycles. The van der Waals surface area contributed by atoms with Crippen LogP contribution in [-0.2, 0) is 22.0 Å². The maximum absolute atomic E-state index is 12.8. The Bertz CT molecular complexity index is 811. The summed E-state index contributed by atoms with van der Waals surface area (Å²) in [5.74, 6) is 1.39. The summed E-state index contributed by atoms with van der Waals surface area (Å²) in [7, 11) is 3.61. The molecule has 1 N–H and O–H groups in total. The number of methoxy groups -OCH3 is 1. The lowest BCUT2D eigenvalue weighted by Crippen LogP contribution is -2.45. The van der Waals surface area contributed by atoms with Crippen molar-refractivity contribution in [2.24, 2.45) is 13.0 Å². The Kier molecular flexibility index (Phi) is 4.91. The molecular formula is C21H27N3O3. The molecule has 1 amide bonds. The monoisotopic (exact) mass is 369 g/mol. The number of para-hydroxylation sites is 1. The molecule has 1 aromatic heterocycles. The minimum Gasteiger partial charge on any atom is -0.496 e. The zero-order valence-electron chi connectivity index (χ0n) is 16.0. The lowest BCUT2D eigenvalue weighted by molar-refractivity contribution is -0.122. The number of hydrogen-bond acceptors (Lipinski definition) is 4. The van der Waals surface area contributed by atoms with Gasteiger partial charge < -0.3 is 14.8 Å². The summed E-state index contributed by atoms with van der Waals surface area (Å²) in [6.45, 7) is 2.02. The van der Waals surface area contributed by atoms with E-state index in [0.717, 1.165) is 36.1 Å². The van der Waals surface area contributed by atoms with Gasteiger partial charge in [0.25, 0.3) is 0 Å². The number of carbonyl (C=O) groups excluding carboxylic acids is 1. The molecule has 1 saturated heterocycles. The van der Waals surface area contributed by atoms with Crippen LogP contribution in [0.2, 0.25) is 0 Å². The molecule has 27 heavy (non-hydrogen) atoms. The van der Waals surface area contributed by atoms with E-state index in [-0.39, 0.29) is 17.2 Å². The van der Waals surface area contributed by atoms with Gasteiger partial charge in [-0.2, -0.15) is 5.10 Å². The maximum atomic E-state index is 12.8. The van der Waals surface area contributed by atoms with Crippen molar-refractivity contribution in [3.63, 3.8) is 0 Å². The van der Waals surface area contributed by atoms with E-state index in [9.17, 15) is 4.79 Å². The number of aryl methyl sites for hydroxylation is 1. The molecule has 0 bridgehead atoms. The first kappa shape index (κ1) is 18.0. The molecule has 1 saturated carbocycles. The number of nitrogens with zero attached hydrogens (tertiary/aromatic N) is 2. The Morgan fingerprint density at radius 2 is 2.15 bits per heavy atom. The molecule has 6 heteroatoms. The van der Waals surface area contributed by atoms with Gasteiger partial charge in [0.05, 0.1) is 13.3 Å². The summed E-state index contributed by atoms with van der Waals surface area (Å²) >= 11 is 0. The highest BCUT2D eigenvalue weighted by Crippen LogP contribution is 2.47. The average molecular weight is 369 g/mol. The highest BCUT2D eigenvalue weighted by molar-refractivity contribution is 5.83. The number of aromatic nitrogens is 2. The van der Waals surface area contributed by atoms with Crippen molar-refractivity contribution in [1.82, 2.24) is 15.1 Å². The normalized spacial score (nSPS) is 23.6. The number of hydrogen-bond donors (Lipinski definition) is 1. The fourth-order valence-corrected chi connectivity index (χ4v) is 4.26. The predicted octanol–water partition coefficient (Wildman–Crippen LogP) is 2.40. The molecule has 2 fully saturated rings. The first-order chi connectivity index (χ1) is 13.1. The van der Waals surface area contributed by atoms with Crippen molar-refractivity contribution in [3.8, 4) is 5.75 Å². The van der Waals surface area contributed by atoms with Crippen molar-refractivity contribution in [1.29, 1.82) is 0 Å². The molecule has 2 aromatic rings. The molecule has 0 unspecified atom stereocenters. The summed E-state index contributed by atoms with van der Waals surface area (Å²) in [5.41, 5.74) is 2.18. The molecule has 2 atom stereocenters. The first-order valence-electron chi connectivity index (χ1n) is 9.60. The molecule has 0 radical (unpaired) electrons. The van der Waals surface area contributed by atoms with Gasteiger partial charge in [-0.05, 0) is 36.8 Å². The van der Waals surface area contributed by atoms with Gasteiger partial charge in [-0.1, -0.05) is 18.2 Å². The van der Waals surface area contributed by atoms with Gasteiger partial charge >= 0.3 is 0 Å². The lowest BCUT2D eigenvalue weighted by Gasteiger charge is -2.38. The number of rotatable bonds is 6. The minimum atomic E-state index is -0.140. The number of carbonyl (C=O) groups is 1. The summed E-state index contributed by atoms with van der Waals surface area (Å²) in [5, 5.41) is 7.45. The third-order valence-corrected chi connectivity index (χ3v) is 6.01. The van der Waals surface area contributed by atoms with Crippen molar-refractivity contribution in [2.75, 3.05) is 26.9 Å². The van der Waals surface area contributed by atoms with E-state index in [0.29, 0.717) is 25.7 Å². The fourth-order valence-electron chi connectivity index (χ4n) is 4.26. The van der Waals surface area contributed by atoms with E-state index in [1.807, 2.05) is 37.6 Å². The van der Waals surface area contributed by atoms with E-state index in [2.05, 4.69) is 16.5 Å². The van der Waals surface area contributed by atoms with E-state index >= 15 is 0 Å².